The van der Waals surface area contributed by atoms with Gasteiger partial charge in [0.1, 0.15) is 11.5 Å². The number of carboxylic acid groups (broad SMARTS) is 1. The summed E-state index contributed by atoms with van der Waals surface area (Å²) in [6.07, 6.45) is 0. The van der Waals surface area contributed by atoms with Crippen LogP contribution in [-0.4, -0.2) is 25.6 Å². The molecule has 0 saturated heterocycles. The largest absolute Gasteiger partial charge is 0.656 e. The molecule has 7 heteroatoms. The minimum absolute atomic E-state index is 0. The molecule has 0 aliphatic heterocycles. The molecular formula is C42H41N4O2Pt-. The minimum Gasteiger partial charge on any atom is -0.656 e. The van der Waals surface area contributed by atoms with Crippen LogP contribution in [0.3, 0.4) is 0 Å². The van der Waals surface area contributed by atoms with Crippen LogP contribution in [-0.2, 0) is 38.9 Å². The van der Waals surface area contributed by atoms with Gasteiger partial charge in [0.2, 0.25) is 0 Å². The third kappa shape index (κ3) is 6.12. The number of carbonyl (C=O) groups is 1. The minimum atomic E-state index is -1.07. The van der Waals surface area contributed by atoms with Gasteiger partial charge in [-0.2, -0.15) is 0 Å². The van der Waals surface area contributed by atoms with Gasteiger partial charge in [-0.15, -0.1) is 11.0 Å². The zero-order chi connectivity index (χ0) is 34.3. The number of benzene rings is 4. The standard InChI is InChI=1S/C42H42N4O2.Pt/c1-23-15-24(2)17-25(16-23)26-18-34(43-35(19-26)40(47)48)29-11-10-12-36-38(29)45-39(46(36)9)32-22-28(42(6,7)8)21-31-30-20-27(41(3,4)5)13-14-33(30)44-37(31)32;/h10-22H,1-9H3,(H2,43,44,45,47,48);/p-1. The Balaban J connectivity index is 0.00000417. The summed E-state index contributed by atoms with van der Waals surface area (Å²) in [4.78, 5) is 27.4. The molecule has 0 bridgehead atoms. The third-order valence-corrected chi connectivity index (χ3v) is 9.39. The Bertz CT molecular complexity index is 2420. The van der Waals surface area contributed by atoms with Crippen molar-refractivity contribution in [3.63, 3.8) is 0 Å². The van der Waals surface area contributed by atoms with Crippen molar-refractivity contribution in [2.45, 2.75) is 66.2 Å². The summed E-state index contributed by atoms with van der Waals surface area (Å²) < 4.78 is 2.12. The molecular weight excluding hydrogens is 788 g/mol. The van der Waals surface area contributed by atoms with Gasteiger partial charge in [-0.3, -0.25) is 0 Å². The van der Waals surface area contributed by atoms with Crippen LogP contribution < -0.4 is 4.98 Å². The first kappa shape index (κ1) is 34.3. The second-order valence-electron chi connectivity index (χ2n) is 15.2. The molecule has 3 heterocycles. The van der Waals surface area contributed by atoms with E-state index in [1.807, 2.05) is 39.1 Å². The summed E-state index contributed by atoms with van der Waals surface area (Å²) in [5.41, 5.74) is 12.3. The van der Waals surface area contributed by atoms with Crippen LogP contribution in [0.4, 0.5) is 0 Å². The molecule has 0 fully saturated rings. The Kier molecular flexibility index (Phi) is 8.48. The van der Waals surface area contributed by atoms with Crippen LogP contribution in [0.25, 0.3) is 66.6 Å². The van der Waals surface area contributed by atoms with E-state index in [2.05, 4.69) is 106 Å². The van der Waals surface area contributed by atoms with Gasteiger partial charge >= 0.3 is 5.97 Å². The number of hydrogen-bond donors (Lipinski definition) is 1. The van der Waals surface area contributed by atoms with Crippen molar-refractivity contribution in [2.75, 3.05) is 0 Å². The van der Waals surface area contributed by atoms with Gasteiger partial charge in [0, 0.05) is 39.2 Å². The number of aromatic carboxylic acids is 1. The molecule has 252 valence electrons. The summed E-state index contributed by atoms with van der Waals surface area (Å²) in [6.45, 7) is 17.5. The van der Waals surface area contributed by atoms with E-state index in [0.717, 1.165) is 72.0 Å². The average molecular weight is 829 g/mol. The number of rotatable bonds is 4. The molecule has 7 rings (SSSR count). The van der Waals surface area contributed by atoms with E-state index in [0.29, 0.717) is 5.69 Å². The molecule has 1 N–H and O–H groups in total. The van der Waals surface area contributed by atoms with Gasteiger partial charge in [-0.05, 0) is 82.0 Å². The number of aryl methyl sites for hydroxylation is 3. The maximum Gasteiger partial charge on any atom is 0.354 e. The van der Waals surface area contributed by atoms with Crippen LogP contribution in [0.5, 0.6) is 0 Å². The van der Waals surface area contributed by atoms with Crippen LogP contribution in [0.15, 0.2) is 78.9 Å². The predicted molar refractivity (Wildman–Crippen MR) is 197 cm³/mol. The summed E-state index contributed by atoms with van der Waals surface area (Å²) in [5, 5.41) is 12.3. The zero-order valence-electron chi connectivity index (χ0n) is 29.5. The summed E-state index contributed by atoms with van der Waals surface area (Å²) in [5.74, 6) is -0.266. The first-order chi connectivity index (χ1) is 22.6. The van der Waals surface area contributed by atoms with Gasteiger partial charge in [-0.1, -0.05) is 107 Å². The van der Waals surface area contributed by atoms with Crippen LogP contribution >= 0.6 is 0 Å². The van der Waals surface area contributed by atoms with Gasteiger partial charge in [0.05, 0.1) is 16.7 Å². The van der Waals surface area contributed by atoms with Crippen molar-refractivity contribution in [2.24, 2.45) is 7.05 Å². The van der Waals surface area contributed by atoms with Crippen molar-refractivity contribution >= 4 is 38.8 Å². The maximum atomic E-state index is 12.3. The molecule has 0 spiro atoms. The molecule has 6 nitrogen and oxygen atoms in total. The molecule has 3 aromatic heterocycles. The average Bonchev–Trinajstić information content (AvgIpc) is 3.56. The molecule has 49 heavy (non-hydrogen) atoms. The van der Waals surface area contributed by atoms with Crippen LogP contribution in [0, 0.1) is 13.8 Å². The van der Waals surface area contributed by atoms with E-state index in [4.69, 9.17) is 9.97 Å². The number of fused-ring (bicyclic) bond motifs is 4. The van der Waals surface area contributed by atoms with E-state index in [1.165, 1.54) is 11.1 Å². The van der Waals surface area contributed by atoms with E-state index in [-0.39, 0.29) is 37.6 Å². The maximum absolute atomic E-state index is 12.3. The third-order valence-electron chi connectivity index (χ3n) is 9.39. The van der Waals surface area contributed by atoms with Crippen LogP contribution in [0.2, 0.25) is 0 Å². The number of para-hydroxylation sites is 1. The molecule has 0 unspecified atom stereocenters. The fourth-order valence-corrected chi connectivity index (χ4v) is 6.75. The number of nitrogens with zero attached hydrogens (tertiary/aromatic N) is 4. The molecule has 0 radical (unpaired) electrons. The smallest absolute Gasteiger partial charge is 0.354 e. The SMILES string of the molecule is Cc1cc(C)cc(-c2cc(C(=O)O)nc(-c3cccc4c3nc(-c3cc(C(C)(C)C)cc5c3[n-]c3ccc(C(C)(C)C)cc35)n4C)c2)c1.[Pt]. The molecule has 4 aromatic carbocycles. The van der Waals surface area contributed by atoms with Crippen molar-refractivity contribution in [1.82, 2.24) is 19.5 Å². The number of hydrogen-bond acceptors (Lipinski definition) is 3. The summed E-state index contributed by atoms with van der Waals surface area (Å²) in [6, 6.07) is 27.0. The summed E-state index contributed by atoms with van der Waals surface area (Å²) in [7, 11) is 2.03. The number of aromatic nitrogens is 4. The Labute approximate surface area is 301 Å². The quantitative estimate of drug-likeness (QED) is 0.191. The molecule has 0 aliphatic rings. The molecule has 0 amide bonds. The van der Waals surface area contributed by atoms with Gasteiger partial charge in [0.15, 0.2) is 0 Å². The molecule has 0 aliphatic carbocycles. The first-order valence-corrected chi connectivity index (χ1v) is 16.4. The second kappa shape index (κ2) is 12.1. The first-order valence-electron chi connectivity index (χ1n) is 16.4. The second-order valence-corrected chi connectivity index (χ2v) is 15.2. The molecule has 0 saturated carbocycles. The fraction of sp³-hybridized carbons (Fsp3) is 0.262. The van der Waals surface area contributed by atoms with Crippen LogP contribution in [0.1, 0.15) is 74.3 Å². The fourth-order valence-electron chi connectivity index (χ4n) is 6.75. The van der Waals surface area contributed by atoms with Gasteiger partial charge in [0.25, 0.3) is 0 Å². The van der Waals surface area contributed by atoms with E-state index >= 15 is 0 Å². The Hall–Kier alpha value is -4.54. The zero-order valence-corrected chi connectivity index (χ0v) is 31.7. The number of imidazole rings is 1. The van der Waals surface area contributed by atoms with Crippen molar-refractivity contribution < 1.29 is 31.0 Å². The van der Waals surface area contributed by atoms with Crippen molar-refractivity contribution in [3.8, 4) is 33.8 Å². The van der Waals surface area contributed by atoms with E-state index in [9.17, 15) is 9.90 Å². The number of pyridine rings is 1. The molecule has 7 aromatic rings. The summed E-state index contributed by atoms with van der Waals surface area (Å²) >= 11 is 0. The molecule has 0 atom stereocenters. The monoisotopic (exact) mass is 828 g/mol. The normalized spacial score (nSPS) is 12.2. The van der Waals surface area contributed by atoms with E-state index in [1.54, 1.807) is 6.07 Å². The Morgan fingerprint density at radius 3 is 2.04 bits per heavy atom. The Morgan fingerprint density at radius 1 is 0.735 bits per heavy atom. The van der Waals surface area contributed by atoms with Gasteiger partial charge in [-0.25, -0.2) is 14.8 Å². The van der Waals surface area contributed by atoms with Gasteiger partial charge < -0.3 is 14.7 Å². The topological polar surface area (TPSA) is 82.1 Å². The van der Waals surface area contributed by atoms with Crippen molar-refractivity contribution in [1.29, 1.82) is 0 Å². The Morgan fingerprint density at radius 2 is 1.39 bits per heavy atom. The predicted octanol–water partition coefficient (Wildman–Crippen LogP) is 10.1. The van der Waals surface area contributed by atoms with Crippen molar-refractivity contribution in [3.05, 3.63) is 107 Å². The number of carboxylic acids is 1. The van der Waals surface area contributed by atoms with E-state index < -0.39 is 5.97 Å².